The number of hydrogen-bond acceptors (Lipinski definition) is 5. The van der Waals surface area contributed by atoms with E-state index >= 15 is 0 Å². The topological polar surface area (TPSA) is 83.0 Å². The van der Waals surface area contributed by atoms with Gasteiger partial charge >= 0.3 is 0 Å². The van der Waals surface area contributed by atoms with E-state index in [9.17, 15) is 8.42 Å². The second-order valence-electron chi connectivity index (χ2n) is 7.72. The number of aliphatic imine (C=N–C) groups is 1. The van der Waals surface area contributed by atoms with Crippen LogP contribution in [0.1, 0.15) is 32.8 Å². The summed E-state index contributed by atoms with van der Waals surface area (Å²) < 4.78 is 28.8. The molecule has 1 aliphatic rings. The van der Waals surface area contributed by atoms with Crippen molar-refractivity contribution in [2.45, 2.75) is 50.7 Å². The number of nitrogens with zero attached hydrogens (tertiary/aromatic N) is 2. The quantitative estimate of drug-likeness (QED) is 0.357. The van der Waals surface area contributed by atoms with Gasteiger partial charge in [0.25, 0.3) is 0 Å². The summed E-state index contributed by atoms with van der Waals surface area (Å²) in [5.74, 6) is 0.823. The van der Waals surface area contributed by atoms with Gasteiger partial charge in [0.15, 0.2) is 15.8 Å². The monoisotopic (exact) mass is 424 g/mol. The molecule has 1 saturated heterocycles. The lowest BCUT2D eigenvalue weighted by molar-refractivity contribution is -0.0679. The summed E-state index contributed by atoms with van der Waals surface area (Å²) in [5.41, 5.74) is 1.09. The van der Waals surface area contributed by atoms with Crippen LogP contribution in [0, 0.1) is 0 Å². The van der Waals surface area contributed by atoms with Crippen LogP contribution in [0.25, 0.3) is 0 Å². The van der Waals surface area contributed by atoms with Gasteiger partial charge in [-0.25, -0.2) is 8.42 Å². The maximum atomic E-state index is 11.5. The van der Waals surface area contributed by atoms with Crippen LogP contribution >= 0.6 is 0 Å². The van der Waals surface area contributed by atoms with Crippen LogP contribution in [0.3, 0.4) is 0 Å². The minimum atomic E-state index is -3.14. The lowest BCUT2D eigenvalue weighted by atomic mass is 10.1. The molecule has 7 nitrogen and oxygen atoms in total. The van der Waals surface area contributed by atoms with Gasteiger partial charge in [-0.05, 0) is 51.3 Å². The number of hydrogen-bond donors (Lipinski definition) is 2. The number of guanidine groups is 1. The number of ether oxygens (including phenoxy) is 1. The molecule has 1 heterocycles. The summed E-state index contributed by atoms with van der Waals surface area (Å²) in [6.07, 6.45) is 3.64. The van der Waals surface area contributed by atoms with Crippen molar-refractivity contribution in [3.8, 4) is 0 Å². The van der Waals surface area contributed by atoms with Crippen molar-refractivity contribution in [3.63, 3.8) is 0 Å². The Kier molecular flexibility index (Phi) is 9.39. The van der Waals surface area contributed by atoms with Gasteiger partial charge in [0.05, 0.1) is 17.1 Å². The molecule has 1 aliphatic heterocycles. The molecule has 2 rings (SSSR count). The highest BCUT2D eigenvalue weighted by Gasteiger charge is 2.21. The Labute approximate surface area is 175 Å². The summed E-state index contributed by atoms with van der Waals surface area (Å²) in [6.45, 7) is 11.7. The summed E-state index contributed by atoms with van der Waals surface area (Å²) >= 11 is 0. The Morgan fingerprint density at radius 1 is 1.17 bits per heavy atom. The number of rotatable bonds is 9. The average molecular weight is 425 g/mol. The molecule has 0 spiro atoms. The van der Waals surface area contributed by atoms with E-state index < -0.39 is 9.84 Å². The largest absolute Gasteiger partial charge is 0.373 e. The molecular formula is C21H36N4O3S. The van der Waals surface area contributed by atoms with Gasteiger partial charge in [0.2, 0.25) is 0 Å². The third-order valence-corrected chi connectivity index (χ3v) is 5.93. The van der Waals surface area contributed by atoms with Crippen LogP contribution in [0.5, 0.6) is 0 Å². The Balaban J connectivity index is 1.74. The van der Waals surface area contributed by atoms with E-state index in [-0.39, 0.29) is 0 Å². The molecule has 164 valence electrons. The van der Waals surface area contributed by atoms with E-state index in [1.54, 1.807) is 12.1 Å². The van der Waals surface area contributed by atoms with E-state index in [0.717, 1.165) is 63.6 Å². The predicted molar refractivity (Wildman–Crippen MR) is 118 cm³/mol. The summed E-state index contributed by atoms with van der Waals surface area (Å²) in [6, 6.07) is 7.06. The van der Waals surface area contributed by atoms with Gasteiger partial charge in [0.1, 0.15) is 0 Å². The van der Waals surface area contributed by atoms with Crippen LogP contribution < -0.4 is 10.6 Å². The van der Waals surface area contributed by atoms with E-state index in [1.807, 2.05) is 12.1 Å². The fourth-order valence-electron chi connectivity index (χ4n) is 3.52. The second kappa shape index (κ2) is 11.5. The highest BCUT2D eigenvalue weighted by Crippen LogP contribution is 2.11. The summed E-state index contributed by atoms with van der Waals surface area (Å²) in [4.78, 5) is 7.48. The van der Waals surface area contributed by atoms with Gasteiger partial charge in [-0.15, -0.1) is 0 Å². The normalized spacial score (nSPS) is 21.2. The van der Waals surface area contributed by atoms with Crippen LogP contribution in [0.2, 0.25) is 0 Å². The number of morpholine rings is 1. The first-order valence-electron chi connectivity index (χ1n) is 10.5. The number of nitrogens with one attached hydrogen (secondary N) is 2. The van der Waals surface area contributed by atoms with Crippen molar-refractivity contribution in [2.75, 3.05) is 45.5 Å². The zero-order valence-electron chi connectivity index (χ0n) is 18.1. The van der Waals surface area contributed by atoms with Crippen molar-refractivity contribution in [1.29, 1.82) is 0 Å². The minimum absolute atomic E-state index is 0.299. The van der Waals surface area contributed by atoms with Gasteiger partial charge < -0.3 is 15.4 Å². The molecule has 1 aromatic rings. The third kappa shape index (κ3) is 8.72. The Bertz CT molecular complexity index is 740. The molecule has 2 atom stereocenters. The SMILES string of the molecule is CCNC(=NCCCN1CC(C)OC(C)C1)NCCc1ccc(S(C)(=O)=O)cc1. The molecule has 0 aliphatic carbocycles. The molecule has 0 aromatic heterocycles. The van der Waals surface area contributed by atoms with Crippen molar-refractivity contribution in [3.05, 3.63) is 29.8 Å². The predicted octanol–water partition coefficient (Wildman–Crippen LogP) is 1.69. The van der Waals surface area contributed by atoms with Crippen molar-refractivity contribution >= 4 is 15.8 Å². The molecule has 0 bridgehead atoms. The first-order valence-corrected chi connectivity index (χ1v) is 12.4. The zero-order chi connectivity index (χ0) is 21.3. The molecule has 1 fully saturated rings. The van der Waals surface area contributed by atoms with Crippen molar-refractivity contribution < 1.29 is 13.2 Å². The molecule has 0 saturated carbocycles. The zero-order valence-corrected chi connectivity index (χ0v) is 19.0. The number of benzene rings is 1. The lowest BCUT2D eigenvalue weighted by Gasteiger charge is -2.35. The molecule has 0 radical (unpaired) electrons. The van der Waals surface area contributed by atoms with Crippen molar-refractivity contribution in [2.24, 2.45) is 4.99 Å². The molecule has 2 N–H and O–H groups in total. The van der Waals surface area contributed by atoms with Crippen LogP contribution in [-0.4, -0.2) is 77.0 Å². The average Bonchev–Trinajstić information content (AvgIpc) is 2.64. The van der Waals surface area contributed by atoms with E-state index in [4.69, 9.17) is 4.74 Å². The molecule has 8 heteroatoms. The van der Waals surface area contributed by atoms with E-state index in [1.165, 1.54) is 6.26 Å². The van der Waals surface area contributed by atoms with E-state index in [2.05, 4.69) is 41.3 Å². The summed E-state index contributed by atoms with van der Waals surface area (Å²) in [5, 5.41) is 6.63. The molecule has 29 heavy (non-hydrogen) atoms. The second-order valence-corrected chi connectivity index (χ2v) is 9.74. The fourth-order valence-corrected chi connectivity index (χ4v) is 4.15. The summed E-state index contributed by atoms with van der Waals surface area (Å²) in [7, 11) is -3.14. The highest BCUT2D eigenvalue weighted by molar-refractivity contribution is 7.90. The first-order chi connectivity index (χ1) is 13.8. The first kappa shape index (κ1) is 23.6. The Morgan fingerprint density at radius 3 is 2.41 bits per heavy atom. The molecular weight excluding hydrogens is 388 g/mol. The van der Waals surface area contributed by atoms with Crippen LogP contribution in [0.4, 0.5) is 0 Å². The third-order valence-electron chi connectivity index (χ3n) is 4.80. The maximum Gasteiger partial charge on any atom is 0.191 e. The highest BCUT2D eigenvalue weighted by atomic mass is 32.2. The fraction of sp³-hybridized carbons (Fsp3) is 0.667. The van der Waals surface area contributed by atoms with Gasteiger partial charge in [-0.1, -0.05) is 12.1 Å². The molecule has 1 aromatic carbocycles. The standard InChI is InChI=1S/C21H36N4O3S/c1-5-22-21(23-12-6-14-25-15-17(2)28-18(3)16-25)24-13-11-19-7-9-20(10-8-19)29(4,26)27/h7-10,17-18H,5-6,11-16H2,1-4H3,(H2,22,23,24). The minimum Gasteiger partial charge on any atom is -0.373 e. The number of sulfone groups is 1. The molecule has 0 amide bonds. The Morgan fingerprint density at radius 2 is 1.83 bits per heavy atom. The maximum absolute atomic E-state index is 11.5. The van der Waals surface area contributed by atoms with Crippen molar-refractivity contribution in [1.82, 2.24) is 15.5 Å². The van der Waals surface area contributed by atoms with Gasteiger partial charge in [-0.3, -0.25) is 9.89 Å². The van der Waals surface area contributed by atoms with Crippen LogP contribution in [-0.2, 0) is 21.0 Å². The smallest absolute Gasteiger partial charge is 0.191 e. The molecule has 2 unspecified atom stereocenters. The van der Waals surface area contributed by atoms with Gasteiger partial charge in [-0.2, -0.15) is 0 Å². The van der Waals surface area contributed by atoms with Gasteiger partial charge in [0, 0.05) is 45.5 Å². The van der Waals surface area contributed by atoms with Crippen LogP contribution in [0.15, 0.2) is 34.2 Å². The Hall–Kier alpha value is -1.64. The van der Waals surface area contributed by atoms with E-state index in [0.29, 0.717) is 17.1 Å². The lowest BCUT2D eigenvalue weighted by Crippen LogP contribution is -2.45.